The molecule has 3 aliphatic rings. The van der Waals surface area contributed by atoms with E-state index in [0.29, 0.717) is 23.3 Å². The third-order valence-electron chi connectivity index (χ3n) is 5.74. The van der Waals surface area contributed by atoms with Crippen LogP contribution in [-0.2, 0) is 28.6 Å². The van der Waals surface area contributed by atoms with Gasteiger partial charge in [0.05, 0.1) is 0 Å². The Balaban J connectivity index is 1.41. The molecule has 0 saturated carbocycles. The standard InChI is InChI=1S/C22H32O8S4/c23-17(7-3-1-5-14-9-11-31-33-14)28-13-16(21-19(25)20(26)22(27)30-21)29-18(24)8-4-2-6-15-10-12-32-34-15/h14-16,21,25-26H,1-13H2/t14?,15?,16-,21+/m0/s1. The highest BCUT2D eigenvalue weighted by Gasteiger charge is 2.42. The van der Waals surface area contributed by atoms with E-state index in [0.717, 1.165) is 25.7 Å². The number of rotatable bonds is 14. The smallest absolute Gasteiger partial charge is 0.378 e. The second-order valence-electron chi connectivity index (χ2n) is 8.42. The van der Waals surface area contributed by atoms with Crippen molar-refractivity contribution in [2.24, 2.45) is 0 Å². The van der Waals surface area contributed by atoms with E-state index in [2.05, 4.69) is 0 Å². The highest BCUT2D eigenvalue weighted by Crippen LogP contribution is 2.40. The van der Waals surface area contributed by atoms with Crippen LogP contribution in [0.25, 0.3) is 0 Å². The average Bonchev–Trinajstić information content (AvgIpc) is 3.58. The molecule has 0 bridgehead atoms. The van der Waals surface area contributed by atoms with Crippen LogP contribution in [0.2, 0.25) is 0 Å². The first-order valence-electron chi connectivity index (χ1n) is 11.7. The van der Waals surface area contributed by atoms with E-state index in [1.165, 1.54) is 24.3 Å². The second kappa shape index (κ2) is 14.6. The zero-order chi connectivity index (χ0) is 24.3. The van der Waals surface area contributed by atoms with E-state index in [1.54, 1.807) is 0 Å². The van der Waals surface area contributed by atoms with E-state index < -0.39 is 41.6 Å². The summed E-state index contributed by atoms with van der Waals surface area (Å²) in [6.45, 7) is -0.370. The lowest BCUT2D eigenvalue weighted by Crippen LogP contribution is -2.38. The molecular weight excluding hydrogens is 521 g/mol. The number of carbonyl (C=O) groups excluding carboxylic acids is 3. The minimum Gasteiger partial charge on any atom is -0.505 e. The summed E-state index contributed by atoms with van der Waals surface area (Å²) in [5.41, 5.74) is 0. The van der Waals surface area contributed by atoms with E-state index in [9.17, 15) is 24.6 Å². The highest BCUT2D eigenvalue weighted by atomic mass is 33.1. The Morgan fingerprint density at radius 3 is 2.03 bits per heavy atom. The lowest BCUT2D eigenvalue weighted by Gasteiger charge is -2.22. The minimum absolute atomic E-state index is 0.170. The van der Waals surface area contributed by atoms with Gasteiger partial charge in [-0.3, -0.25) is 9.59 Å². The van der Waals surface area contributed by atoms with Crippen molar-refractivity contribution >= 4 is 61.1 Å². The number of cyclic esters (lactones) is 1. The first-order chi connectivity index (χ1) is 16.4. The Morgan fingerprint density at radius 1 is 0.941 bits per heavy atom. The molecule has 0 radical (unpaired) electrons. The van der Waals surface area contributed by atoms with Crippen molar-refractivity contribution in [2.75, 3.05) is 18.1 Å². The van der Waals surface area contributed by atoms with Gasteiger partial charge in [0.2, 0.25) is 11.9 Å². The van der Waals surface area contributed by atoms with Crippen LogP contribution in [0.3, 0.4) is 0 Å². The van der Waals surface area contributed by atoms with Crippen LogP contribution < -0.4 is 0 Å². The van der Waals surface area contributed by atoms with Gasteiger partial charge in [0.25, 0.3) is 0 Å². The highest BCUT2D eigenvalue weighted by molar-refractivity contribution is 8.77. The van der Waals surface area contributed by atoms with Crippen LogP contribution in [0.15, 0.2) is 11.5 Å². The summed E-state index contributed by atoms with van der Waals surface area (Å²) in [5, 5.41) is 20.9. The van der Waals surface area contributed by atoms with Crippen molar-refractivity contribution in [3.63, 3.8) is 0 Å². The predicted molar refractivity (Wildman–Crippen MR) is 137 cm³/mol. The van der Waals surface area contributed by atoms with Crippen molar-refractivity contribution in [1.29, 1.82) is 0 Å². The van der Waals surface area contributed by atoms with E-state index in [1.807, 2.05) is 43.2 Å². The van der Waals surface area contributed by atoms with Crippen LogP contribution >= 0.6 is 43.2 Å². The Kier molecular flexibility index (Phi) is 11.9. The van der Waals surface area contributed by atoms with Crippen molar-refractivity contribution in [1.82, 2.24) is 0 Å². The molecule has 3 heterocycles. The third kappa shape index (κ3) is 8.98. The maximum Gasteiger partial charge on any atom is 0.378 e. The molecule has 0 spiro atoms. The summed E-state index contributed by atoms with van der Waals surface area (Å²) in [6, 6.07) is 0. The number of unbranched alkanes of at least 4 members (excludes halogenated alkanes) is 2. The normalized spacial score (nSPS) is 25.4. The lowest BCUT2D eigenvalue weighted by molar-refractivity contribution is -0.171. The van der Waals surface area contributed by atoms with Crippen LogP contribution in [0.5, 0.6) is 0 Å². The van der Waals surface area contributed by atoms with Gasteiger partial charge in [-0.15, -0.1) is 0 Å². The summed E-state index contributed by atoms with van der Waals surface area (Å²) in [4.78, 5) is 36.2. The lowest BCUT2D eigenvalue weighted by atomic mass is 10.1. The maximum atomic E-state index is 12.4. The fourth-order valence-electron chi connectivity index (χ4n) is 3.79. The molecule has 0 aromatic heterocycles. The zero-order valence-electron chi connectivity index (χ0n) is 19.0. The molecule has 2 unspecified atom stereocenters. The molecule has 2 saturated heterocycles. The van der Waals surface area contributed by atoms with E-state index in [4.69, 9.17) is 14.2 Å². The molecule has 2 fully saturated rings. The van der Waals surface area contributed by atoms with Gasteiger partial charge in [0, 0.05) is 34.8 Å². The monoisotopic (exact) mass is 552 g/mol. The van der Waals surface area contributed by atoms with Gasteiger partial charge in [-0.05, 0) is 38.5 Å². The van der Waals surface area contributed by atoms with Gasteiger partial charge in [-0.1, -0.05) is 56.0 Å². The van der Waals surface area contributed by atoms with Gasteiger partial charge in [0.1, 0.15) is 6.61 Å². The number of esters is 3. The molecule has 2 N–H and O–H groups in total. The van der Waals surface area contributed by atoms with Crippen molar-refractivity contribution in [2.45, 2.75) is 86.9 Å². The van der Waals surface area contributed by atoms with Gasteiger partial charge >= 0.3 is 17.9 Å². The summed E-state index contributed by atoms with van der Waals surface area (Å²) in [5.74, 6) is -1.38. The number of hydrogen-bond acceptors (Lipinski definition) is 12. The Labute approximate surface area is 215 Å². The first kappa shape index (κ1) is 27.7. The van der Waals surface area contributed by atoms with Crippen LogP contribution in [0, 0.1) is 0 Å². The van der Waals surface area contributed by atoms with E-state index in [-0.39, 0.29) is 19.4 Å². The molecule has 0 aromatic carbocycles. The Morgan fingerprint density at radius 2 is 1.53 bits per heavy atom. The van der Waals surface area contributed by atoms with Crippen LogP contribution in [-0.4, -0.2) is 68.9 Å². The molecule has 12 heteroatoms. The summed E-state index contributed by atoms with van der Waals surface area (Å²) in [7, 11) is 7.58. The molecule has 34 heavy (non-hydrogen) atoms. The van der Waals surface area contributed by atoms with Gasteiger partial charge in [0.15, 0.2) is 11.9 Å². The summed E-state index contributed by atoms with van der Waals surface area (Å²) >= 11 is 0. The number of hydrogen-bond donors (Lipinski definition) is 2. The molecule has 3 rings (SSSR count). The topological polar surface area (TPSA) is 119 Å². The van der Waals surface area contributed by atoms with Crippen LogP contribution in [0.4, 0.5) is 0 Å². The van der Waals surface area contributed by atoms with Gasteiger partial charge < -0.3 is 24.4 Å². The molecule has 0 aliphatic carbocycles. The molecule has 8 nitrogen and oxygen atoms in total. The number of aliphatic hydroxyl groups is 2. The Hall–Kier alpha value is -0.850. The summed E-state index contributed by atoms with van der Waals surface area (Å²) in [6.07, 6.45) is 5.48. The van der Waals surface area contributed by atoms with E-state index >= 15 is 0 Å². The zero-order valence-corrected chi connectivity index (χ0v) is 22.2. The Bertz CT molecular complexity index is 734. The molecule has 3 aliphatic heterocycles. The molecule has 4 atom stereocenters. The maximum absolute atomic E-state index is 12.4. The fraction of sp³-hybridized carbons (Fsp3) is 0.773. The molecular formula is C22H32O8S4. The average molecular weight is 553 g/mol. The number of aliphatic hydroxyl groups excluding tert-OH is 2. The largest absolute Gasteiger partial charge is 0.505 e. The SMILES string of the molecule is O=C(CCCCC1CCSS1)OC[C@H](OC(=O)CCCCC1CCSS1)[C@H]1OC(=O)C(O)=C1O. The number of ether oxygens (including phenoxy) is 3. The van der Waals surface area contributed by atoms with Crippen LogP contribution in [0.1, 0.15) is 64.2 Å². The third-order valence-corrected chi connectivity index (χ3v) is 11.8. The van der Waals surface area contributed by atoms with Crippen molar-refractivity contribution in [3.8, 4) is 0 Å². The second-order valence-corrected chi connectivity index (χ2v) is 14.0. The van der Waals surface area contributed by atoms with Gasteiger partial charge in [-0.25, -0.2) is 4.79 Å². The quantitative estimate of drug-likeness (QED) is 0.129. The van der Waals surface area contributed by atoms with Gasteiger partial charge in [-0.2, -0.15) is 0 Å². The first-order valence-corrected chi connectivity index (χ1v) is 16.4. The molecule has 192 valence electrons. The summed E-state index contributed by atoms with van der Waals surface area (Å²) < 4.78 is 15.6. The minimum atomic E-state index is -1.40. The predicted octanol–water partition coefficient (Wildman–Crippen LogP) is 5.12. The fourth-order valence-corrected chi connectivity index (χ4v) is 9.84. The van der Waals surface area contributed by atoms with Crippen molar-refractivity contribution in [3.05, 3.63) is 11.5 Å². The molecule has 0 amide bonds. The number of carbonyl (C=O) groups is 3. The van der Waals surface area contributed by atoms with Crippen molar-refractivity contribution < 1.29 is 38.8 Å². The molecule has 0 aromatic rings.